The molecular formula is C39H19N5O. The summed E-state index contributed by atoms with van der Waals surface area (Å²) in [6, 6.07) is 42.5. The molecule has 0 radical (unpaired) electrons. The number of imidazole rings is 1. The number of hydrogen-bond acceptors (Lipinski definition) is 5. The van der Waals surface area contributed by atoms with E-state index in [1.165, 1.54) is 0 Å². The molecule has 0 saturated carbocycles. The van der Waals surface area contributed by atoms with E-state index >= 15 is 0 Å². The Kier molecular flexibility index (Phi) is 5.68. The van der Waals surface area contributed by atoms with Crippen molar-refractivity contribution in [3.05, 3.63) is 142 Å². The molecule has 0 unspecified atom stereocenters. The van der Waals surface area contributed by atoms with Crippen LogP contribution in [0.5, 0.6) is 0 Å². The highest BCUT2D eigenvalue weighted by atomic mass is 16.1. The van der Waals surface area contributed by atoms with Crippen molar-refractivity contribution in [3.8, 4) is 51.6 Å². The van der Waals surface area contributed by atoms with E-state index in [0.717, 1.165) is 49.5 Å². The van der Waals surface area contributed by atoms with E-state index in [0.29, 0.717) is 38.8 Å². The van der Waals surface area contributed by atoms with Gasteiger partial charge in [0.1, 0.15) is 5.65 Å². The minimum Gasteiger partial charge on any atom is -0.268 e. The van der Waals surface area contributed by atoms with Gasteiger partial charge in [0.15, 0.2) is 0 Å². The first kappa shape index (κ1) is 25.9. The second-order valence-corrected chi connectivity index (χ2v) is 10.9. The van der Waals surface area contributed by atoms with Crippen molar-refractivity contribution in [2.75, 3.05) is 0 Å². The molecule has 6 heteroatoms. The second-order valence-electron chi connectivity index (χ2n) is 10.9. The summed E-state index contributed by atoms with van der Waals surface area (Å²) in [5, 5.41) is 31.2. The maximum atomic E-state index is 14.4. The molecule has 0 spiro atoms. The van der Waals surface area contributed by atoms with Crippen LogP contribution in [0.25, 0.3) is 71.6 Å². The Labute approximate surface area is 256 Å². The minimum atomic E-state index is -0.162. The highest BCUT2D eigenvalue weighted by Gasteiger charge is 2.21. The average Bonchev–Trinajstić information content (AvgIpc) is 3.50. The van der Waals surface area contributed by atoms with Crippen molar-refractivity contribution in [1.29, 1.82) is 15.8 Å². The summed E-state index contributed by atoms with van der Waals surface area (Å²) >= 11 is 0. The molecule has 8 aromatic rings. The highest BCUT2D eigenvalue weighted by molar-refractivity contribution is 6.19. The molecule has 0 amide bonds. The van der Waals surface area contributed by atoms with Crippen molar-refractivity contribution in [1.82, 2.24) is 9.38 Å². The van der Waals surface area contributed by atoms with E-state index in [2.05, 4.69) is 18.2 Å². The van der Waals surface area contributed by atoms with Crippen LogP contribution in [0.4, 0.5) is 0 Å². The van der Waals surface area contributed by atoms with Gasteiger partial charge in [-0.3, -0.25) is 9.20 Å². The van der Waals surface area contributed by atoms with Crippen LogP contribution in [0.1, 0.15) is 16.7 Å². The summed E-state index contributed by atoms with van der Waals surface area (Å²) in [7, 11) is 0. The molecule has 6 nitrogen and oxygen atoms in total. The van der Waals surface area contributed by atoms with Gasteiger partial charge in [0.2, 0.25) is 0 Å². The van der Waals surface area contributed by atoms with Crippen LogP contribution >= 0.6 is 0 Å². The fraction of sp³-hybridized carbons (Fsp3) is 0. The molecular weight excluding hydrogens is 554 g/mol. The predicted molar refractivity (Wildman–Crippen MR) is 176 cm³/mol. The predicted octanol–water partition coefficient (Wildman–Crippen LogP) is 8.21. The number of hydrogen-bond donors (Lipinski definition) is 0. The molecule has 2 aromatic heterocycles. The van der Waals surface area contributed by atoms with Gasteiger partial charge in [-0.2, -0.15) is 15.8 Å². The van der Waals surface area contributed by atoms with E-state index in [1.54, 1.807) is 40.8 Å². The molecule has 0 saturated heterocycles. The fourth-order valence-electron chi connectivity index (χ4n) is 6.28. The standard InChI is InChI=1S/C39H19N5O/c40-20-23-4-10-26(11-5-23)29-18-34(28-14-8-25(22-42)9-15-28)37-35(19-29)44-38(43-37)32-17-16-30(27-12-6-24(21-41)7-13-27)31-2-1-3-33(36(31)32)39(44)45/h1-19H. The van der Waals surface area contributed by atoms with Crippen LogP contribution < -0.4 is 5.56 Å². The van der Waals surface area contributed by atoms with Crippen LogP contribution in [0.3, 0.4) is 0 Å². The Bertz CT molecular complexity index is 2670. The van der Waals surface area contributed by atoms with Gasteiger partial charge in [0, 0.05) is 21.7 Å². The summed E-state index contributed by atoms with van der Waals surface area (Å²) in [5.41, 5.74) is 8.88. The zero-order valence-electron chi connectivity index (χ0n) is 23.6. The number of rotatable bonds is 3. The van der Waals surface area contributed by atoms with Crippen molar-refractivity contribution < 1.29 is 0 Å². The van der Waals surface area contributed by atoms with Gasteiger partial charge >= 0.3 is 0 Å². The van der Waals surface area contributed by atoms with Crippen LogP contribution in [-0.4, -0.2) is 9.38 Å². The molecule has 8 rings (SSSR count). The fourth-order valence-corrected chi connectivity index (χ4v) is 6.28. The number of aromatic nitrogens is 2. The lowest BCUT2D eigenvalue weighted by molar-refractivity contribution is 1.19. The monoisotopic (exact) mass is 573 g/mol. The van der Waals surface area contributed by atoms with Gasteiger partial charge in [0.25, 0.3) is 5.56 Å². The lowest BCUT2D eigenvalue weighted by Gasteiger charge is -2.12. The Balaban J connectivity index is 1.47. The van der Waals surface area contributed by atoms with E-state index in [4.69, 9.17) is 4.98 Å². The number of pyridine rings is 1. The Hall–Kier alpha value is -6.81. The third kappa shape index (κ3) is 3.93. The molecule has 6 aromatic carbocycles. The van der Waals surface area contributed by atoms with Gasteiger partial charge in [0.05, 0.1) is 45.9 Å². The third-order valence-electron chi connectivity index (χ3n) is 8.47. The Morgan fingerprint density at radius 2 is 1.09 bits per heavy atom. The largest absolute Gasteiger partial charge is 0.268 e. The van der Waals surface area contributed by atoms with Crippen molar-refractivity contribution in [3.63, 3.8) is 0 Å². The zero-order valence-corrected chi connectivity index (χ0v) is 23.6. The number of benzene rings is 6. The molecule has 0 fully saturated rings. The molecule has 0 aliphatic carbocycles. The van der Waals surface area contributed by atoms with Gasteiger partial charge in [-0.1, -0.05) is 54.6 Å². The number of nitriles is 3. The molecule has 0 bridgehead atoms. The maximum Gasteiger partial charge on any atom is 0.264 e. The lowest BCUT2D eigenvalue weighted by Crippen LogP contribution is -2.13. The van der Waals surface area contributed by atoms with Crippen molar-refractivity contribution in [2.24, 2.45) is 0 Å². The van der Waals surface area contributed by atoms with E-state index < -0.39 is 0 Å². The second kappa shape index (κ2) is 9.89. The molecule has 0 aliphatic heterocycles. The smallest absolute Gasteiger partial charge is 0.264 e. The Morgan fingerprint density at radius 3 is 1.69 bits per heavy atom. The van der Waals surface area contributed by atoms with Gasteiger partial charge in [-0.15, -0.1) is 0 Å². The molecule has 0 N–H and O–H groups in total. The van der Waals surface area contributed by atoms with Crippen LogP contribution in [0.2, 0.25) is 0 Å². The quantitative estimate of drug-likeness (QED) is 0.212. The van der Waals surface area contributed by atoms with Crippen LogP contribution in [0, 0.1) is 34.0 Å². The SMILES string of the molecule is N#Cc1ccc(-c2cc(-c3ccc(C#N)cc3)c3nc4c5ccc(-c6ccc(C#N)cc6)c6cccc(c(=O)n4c3c2)c65)cc1. The number of nitrogens with zero attached hydrogens (tertiary/aromatic N) is 5. The first-order chi connectivity index (χ1) is 22.1. The summed E-state index contributed by atoms with van der Waals surface area (Å²) in [6.45, 7) is 0. The average molecular weight is 574 g/mol. The summed E-state index contributed by atoms with van der Waals surface area (Å²) < 4.78 is 1.70. The molecule has 206 valence electrons. The highest BCUT2D eigenvalue weighted by Crippen LogP contribution is 2.39. The van der Waals surface area contributed by atoms with Gasteiger partial charge in [-0.05, 0) is 93.9 Å². The normalized spacial score (nSPS) is 11.1. The molecule has 0 atom stereocenters. The molecule has 45 heavy (non-hydrogen) atoms. The lowest BCUT2D eigenvalue weighted by atomic mass is 9.94. The minimum absolute atomic E-state index is 0.162. The summed E-state index contributed by atoms with van der Waals surface area (Å²) in [6.07, 6.45) is 0. The van der Waals surface area contributed by atoms with E-state index in [9.17, 15) is 20.6 Å². The third-order valence-corrected chi connectivity index (χ3v) is 8.47. The van der Waals surface area contributed by atoms with E-state index in [1.807, 2.05) is 78.9 Å². The van der Waals surface area contributed by atoms with E-state index in [-0.39, 0.29) is 5.56 Å². The van der Waals surface area contributed by atoms with Crippen LogP contribution in [-0.2, 0) is 0 Å². The van der Waals surface area contributed by atoms with Gasteiger partial charge in [-0.25, -0.2) is 4.98 Å². The first-order valence-electron chi connectivity index (χ1n) is 14.3. The molecule has 2 heterocycles. The number of fused-ring (bicyclic) bond motifs is 4. The zero-order chi connectivity index (χ0) is 30.7. The van der Waals surface area contributed by atoms with Crippen LogP contribution in [0.15, 0.2) is 120 Å². The molecule has 0 aliphatic rings. The van der Waals surface area contributed by atoms with Crippen molar-refractivity contribution in [2.45, 2.75) is 0 Å². The topological polar surface area (TPSA) is 106 Å². The summed E-state index contributed by atoms with van der Waals surface area (Å²) in [4.78, 5) is 19.5. The summed E-state index contributed by atoms with van der Waals surface area (Å²) in [5.74, 6) is 0. The maximum absolute atomic E-state index is 14.4. The van der Waals surface area contributed by atoms with Gasteiger partial charge < -0.3 is 0 Å². The van der Waals surface area contributed by atoms with Crippen molar-refractivity contribution >= 4 is 38.2 Å². The Morgan fingerprint density at radius 1 is 0.533 bits per heavy atom. The first-order valence-corrected chi connectivity index (χ1v) is 14.3.